The minimum absolute atomic E-state index is 0.0940. The third-order valence-corrected chi connectivity index (χ3v) is 3.60. The predicted molar refractivity (Wildman–Crippen MR) is 81.3 cm³/mol. The third kappa shape index (κ3) is 2.62. The molecule has 0 saturated heterocycles. The summed E-state index contributed by atoms with van der Waals surface area (Å²) in [5, 5.41) is 7.49. The SMILES string of the molecule is Cc1nn(CC(=O)Nc2nc3ccccc3n2C)cc1Cl. The Morgan fingerprint density at radius 3 is 2.81 bits per heavy atom. The molecule has 3 rings (SSSR count). The van der Waals surface area contributed by atoms with Crippen molar-refractivity contribution < 1.29 is 4.79 Å². The predicted octanol–water partition coefficient (Wildman–Crippen LogP) is 2.37. The highest BCUT2D eigenvalue weighted by molar-refractivity contribution is 6.31. The Balaban J connectivity index is 1.78. The van der Waals surface area contributed by atoms with Gasteiger partial charge in [0, 0.05) is 13.2 Å². The molecular weight excluding hydrogens is 290 g/mol. The number of nitrogens with one attached hydrogen (secondary N) is 1. The van der Waals surface area contributed by atoms with Crippen LogP contribution in [0.4, 0.5) is 5.95 Å². The van der Waals surface area contributed by atoms with Crippen LogP contribution in [-0.4, -0.2) is 25.2 Å². The van der Waals surface area contributed by atoms with Gasteiger partial charge >= 0.3 is 0 Å². The van der Waals surface area contributed by atoms with Crippen LogP contribution in [0.25, 0.3) is 11.0 Å². The number of rotatable bonds is 3. The second kappa shape index (κ2) is 5.21. The van der Waals surface area contributed by atoms with Gasteiger partial charge in [-0.05, 0) is 19.1 Å². The van der Waals surface area contributed by atoms with Crippen molar-refractivity contribution in [2.24, 2.45) is 7.05 Å². The van der Waals surface area contributed by atoms with Crippen molar-refractivity contribution in [3.8, 4) is 0 Å². The number of carbonyl (C=O) groups excluding carboxylic acids is 1. The van der Waals surface area contributed by atoms with Crippen LogP contribution in [0.5, 0.6) is 0 Å². The molecule has 0 bridgehead atoms. The summed E-state index contributed by atoms with van der Waals surface area (Å²) < 4.78 is 3.35. The molecule has 6 nitrogen and oxygen atoms in total. The highest BCUT2D eigenvalue weighted by Gasteiger charge is 2.12. The molecule has 1 amide bonds. The van der Waals surface area contributed by atoms with Crippen LogP contribution in [-0.2, 0) is 18.4 Å². The van der Waals surface area contributed by atoms with Crippen LogP contribution >= 0.6 is 11.6 Å². The summed E-state index contributed by atoms with van der Waals surface area (Å²) >= 11 is 5.92. The number of amides is 1. The zero-order chi connectivity index (χ0) is 15.0. The Labute approximate surface area is 126 Å². The van der Waals surface area contributed by atoms with E-state index < -0.39 is 0 Å². The molecule has 7 heteroatoms. The van der Waals surface area contributed by atoms with E-state index in [2.05, 4.69) is 15.4 Å². The number of benzene rings is 1. The smallest absolute Gasteiger partial charge is 0.248 e. The average molecular weight is 304 g/mol. The summed E-state index contributed by atoms with van der Waals surface area (Å²) in [5.41, 5.74) is 2.51. The Kier molecular flexibility index (Phi) is 3.39. The van der Waals surface area contributed by atoms with Gasteiger partial charge in [-0.15, -0.1) is 0 Å². The van der Waals surface area contributed by atoms with Gasteiger partial charge in [-0.2, -0.15) is 5.10 Å². The first-order chi connectivity index (χ1) is 10.0. The van der Waals surface area contributed by atoms with Gasteiger partial charge in [-0.25, -0.2) is 4.98 Å². The van der Waals surface area contributed by atoms with Gasteiger partial charge in [0.2, 0.25) is 11.9 Å². The maximum atomic E-state index is 12.1. The minimum Gasteiger partial charge on any atom is -0.313 e. The standard InChI is InChI=1S/C14H14ClN5O/c1-9-10(15)7-20(18-9)8-13(21)17-14-16-11-5-3-4-6-12(11)19(14)2/h3-7H,8H2,1-2H3,(H,16,17,21). The number of imidazole rings is 1. The number of nitrogens with zero attached hydrogens (tertiary/aromatic N) is 4. The number of fused-ring (bicyclic) bond motifs is 1. The molecule has 0 radical (unpaired) electrons. The number of halogens is 1. The van der Waals surface area contributed by atoms with Crippen molar-refractivity contribution in [1.82, 2.24) is 19.3 Å². The fourth-order valence-electron chi connectivity index (χ4n) is 2.14. The normalized spacial score (nSPS) is 11.0. The molecule has 0 spiro atoms. The van der Waals surface area contributed by atoms with Gasteiger partial charge in [-0.3, -0.25) is 14.8 Å². The van der Waals surface area contributed by atoms with Crippen LogP contribution in [0.2, 0.25) is 5.02 Å². The summed E-state index contributed by atoms with van der Waals surface area (Å²) in [5.74, 6) is 0.309. The van der Waals surface area contributed by atoms with Crippen LogP contribution in [0.1, 0.15) is 5.69 Å². The Bertz CT molecular complexity index is 800. The lowest BCUT2D eigenvalue weighted by atomic mass is 10.3. The largest absolute Gasteiger partial charge is 0.313 e. The van der Waals surface area contributed by atoms with Crippen LogP contribution in [0.3, 0.4) is 0 Å². The van der Waals surface area contributed by atoms with Gasteiger partial charge in [0.15, 0.2) is 0 Å². The van der Waals surface area contributed by atoms with E-state index in [0.29, 0.717) is 16.7 Å². The fraction of sp³-hybridized carbons (Fsp3) is 0.214. The molecule has 108 valence electrons. The number of carbonyl (C=O) groups is 1. The van der Waals surface area contributed by atoms with E-state index >= 15 is 0 Å². The molecule has 0 aliphatic heterocycles. The quantitative estimate of drug-likeness (QED) is 0.808. The number of aromatic nitrogens is 4. The van der Waals surface area contributed by atoms with Crippen molar-refractivity contribution in [3.05, 3.63) is 41.2 Å². The molecule has 1 N–H and O–H groups in total. The lowest BCUT2D eigenvalue weighted by Gasteiger charge is -2.05. The Hall–Kier alpha value is -2.34. The molecule has 0 aliphatic carbocycles. The van der Waals surface area contributed by atoms with Gasteiger partial charge in [0.25, 0.3) is 0 Å². The monoisotopic (exact) mass is 303 g/mol. The summed E-state index contributed by atoms with van der Waals surface area (Å²) in [6.45, 7) is 1.89. The van der Waals surface area contributed by atoms with E-state index in [4.69, 9.17) is 11.6 Å². The number of hydrogen-bond donors (Lipinski definition) is 1. The van der Waals surface area contributed by atoms with Gasteiger partial charge in [-0.1, -0.05) is 23.7 Å². The van der Waals surface area contributed by atoms with E-state index in [1.807, 2.05) is 35.9 Å². The van der Waals surface area contributed by atoms with Crippen LogP contribution in [0.15, 0.2) is 30.5 Å². The highest BCUT2D eigenvalue weighted by atomic mass is 35.5. The molecule has 3 aromatic rings. The topological polar surface area (TPSA) is 64.7 Å². The second-order valence-corrected chi connectivity index (χ2v) is 5.20. The molecule has 2 heterocycles. The first-order valence-corrected chi connectivity index (χ1v) is 6.83. The highest BCUT2D eigenvalue weighted by Crippen LogP contribution is 2.17. The van der Waals surface area contributed by atoms with Crippen molar-refractivity contribution in [3.63, 3.8) is 0 Å². The summed E-state index contributed by atoms with van der Waals surface area (Å²) in [7, 11) is 1.86. The van der Waals surface area contributed by atoms with Crippen molar-refractivity contribution >= 4 is 34.5 Å². The second-order valence-electron chi connectivity index (χ2n) is 4.79. The molecule has 0 saturated carbocycles. The zero-order valence-electron chi connectivity index (χ0n) is 11.7. The van der Waals surface area contributed by atoms with E-state index in [1.165, 1.54) is 4.68 Å². The average Bonchev–Trinajstić information content (AvgIpc) is 2.91. The summed E-state index contributed by atoms with van der Waals surface area (Å²) in [6, 6.07) is 7.70. The number of aryl methyl sites for hydroxylation is 2. The number of para-hydroxylation sites is 2. The van der Waals surface area contributed by atoms with Gasteiger partial charge < -0.3 is 4.57 Å². The van der Waals surface area contributed by atoms with E-state index in [-0.39, 0.29) is 12.5 Å². The van der Waals surface area contributed by atoms with E-state index in [9.17, 15) is 4.79 Å². The lowest BCUT2D eigenvalue weighted by molar-refractivity contribution is -0.117. The molecule has 21 heavy (non-hydrogen) atoms. The lowest BCUT2D eigenvalue weighted by Crippen LogP contribution is -2.21. The molecule has 1 aromatic carbocycles. The number of hydrogen-bond acceptors (Lipinski definition) is 3. The molecule has 2 aromatic heterocycles. The van der Waals surface area contributed by atoms with Crippen LogP contribution < -0.4 is 5.32 Å². The molecule has 0 aliphatic rings. The van der Waals surface area contributed by atoms with Crippen molar-refractivity contribution in [2.75, 3.05) is 5.32 Å². The first-order valence-electron chi connectivity index (χ1n) is 6.45. The Morgan fingerprint density at radius 1 is 1.38 bits per heavy atom. The van der Waals surface area contributed by atoms with Crippen molar-refractivity contribution in [2.45, 2.75) is 13.5 Å². The molecule has 0 atom stereocenters. The zero-order valence-corrected chi connectivity index (χ0v) is 12.4. The minimum atomic E-state index is -0.201. The summed E-state index contributed by atoms with van der Waals surface area (Å²) in [4.78, 5) is 16.5. The molecular formula is C14H14ClN5O. The molecule has 0 fully saturated rings. The van der Waals surface area contributed by atoms with E-state index in [1.54, 1.807) is 13.1 Å². The van der Waals surface area contributed by atoms with Gasteiger partial charge in [0.1, 0.15) is 6.54 Å². The third-order valence-electron chi connectivity index (χ3n) is 3.23. The summed E-state index contributed by atoms with van der Waals surface area (Å²) in [6.07, 6.45) is 1.63. The fourth-order valence-corrected chi connectivity index (χ4v) is 2.29. The Morgan fingerprint density at radius 2 is 2.14 bits per heavy atom. The maximum absolute atomic E-state index is 12.1. The van der Waals surface area contributed by atoms with E-state index in [0.717, 1.165) is 11.0 Å². The molecule has 0 unspecified atom stereocenters. The maximum Gasteiger partial charge on any atom is 0.248 e. The number of anilines is 1. The first kappa shape index (κ1) is 13.6. The van der Waals surface area contributed by atoms with Gasteiger partial charge in [0.05, 0.1) is 21.7 Å². The van der Waals surface area contributed by atoms with Crippen LogP contribution in [0, 0.1) is 6.92 Å². The van der Waals surface area contributed by atoms with Crippen molar-refractivity contribution in [1.29, 1.82) is 0 Å².